The van der Waals surface area contributed by atoms with E-state index in [1.807, 2.05) is 13.1 Å². The number of hydrogen-bond donors (Lipinski definition) is 2. The highest BCUT2D eigenvalue weighted by Gasteiger charge is 2.05. The number of rotatable bonds is 3. The topological polar surface area (TPSA) is 32.3 Å². The van der Waals surface area contributed by atoms with Crippen LogP contribution in [0.4, 0.5) is 0 Å². The van der Waals surface area contributed by atoms with Gasteiger partial charge in [-0.3, -0.25) is 0 Å². The Balaban J connectivity index is 2.62. The summed E-state index contributed by atoms with van der Waals surface area (Å²) in [6, 6.07) is 0. The van der Waals surface area contributed by atoms with Crippen molar-refractivity contribution in [1.29, 1.82) is 0 Å². The third kappa shape index (κ3) is 3.07. The first-order valence-corrected chi connectivity index (χ1v) is 4.64. The van der Waals surface area contributed by atoms with E-state index in [1.54, 1.807) is 6.08 Å². The number of aliphatic hydroxyl groups excluding tert-OH is 1. The van der Waals surface area contributed by atoms with E-state index >= 15 is 0 Å². The minimum absolute atomic E-state index is 0.491. The summed E-state index contributed by atoms with van der Waals surface area (Å²) in [6.45, 7) is 3.01. The molecule has 0 saturated heterocycles. The van der Waals surface area contributed by atoms with Crippen LogP contribution in [0, 0.1) is 0 Å². The smallest absolute Gasteiger partial charge is 0.0926 e. The first kappa shape index (κ1) is 10.1. The maximum atomic E-state index is 9.17. The SMILES string of the molecule is CNC/C=C(\C)C1=CC=C(O)CC1. The fourth-order valence-corrected chi connectivity index (χ4v) is 1.34. The molecule has 0 aromatic rings. The summed E-state index contributed by atoms with van der Waals surface area (Å²) in [4.78, 5) is 0. The fraction of sp³-hybridized carbons (Fsp3) is 0.455. The van der Waals surface area contributed by atoms with E-state index in [2.05, 4.69) is 18.3 Å². The van der Waals surface area contributed by atoms with Crippen molar-refractivity contribution in [3.63, 3.8) is 0 Å². The number of nitrogens with one attached hydrogen (secondary N) is 1. The van der Waals surface area contributed by atoms with Gasteiger partial charge in [-0.05, 0) is 32.0 Å². The zero-order valence-electron chi connectivity index (χ0n) is 8.30. The average molecular weight is 179 g/mol. The first-order valence-electron chi connectivity index (χ1n) is 4.64. The van der Waals surface area contributed by atoms with Crippen LogP contribution in [-0.2, 0) is 0 Å². The lowest BCUT2D eigenvalue weighted by atomic mass is 9.97. The molecule has 0 heterocycles. The van der Waals surface area contributed by atoms with Crippen molar-refractivity contribution in [3.05, 3.63) is 35.1 Å². The molecule has 1 aliphatic rings. The second-order valence-corrected chi connectivity index (χ2v) is 3.29. The Kier molecular flexibility index (Phi) is 3.77. The Hall–Kier alpha value is -1.02. The molecular formula is C11H17NO. The van der Waals surface area contributed by atoms with Gasteiger partial charge >= 0.3 is 0 Å². The van der Waals surface area contributed by atoms with Crippen molar-refractivity contribution < 1.29 is 5.11 Å². The predicted octanol–water partition coefficient (Wildman–Crippen LogP) is 2.31. The van der Waals surface area contributed by atoms with Gasteiger partial charge in [0.25, 0.3) is 0 Å². The summed E-state index contributed by atoms with van der Waals surface area (Å²) >= 11 is 0. The molecule has 2 heteroatoms. The van der Waals surface area contributed by atoms with Crippen LogP contribution in [0.25, 0.3) is 0 Å². The van der Waals surface area contributed by atoms with Crippen LogP contribution in [0.5, 0.6) is 0 Å². The van der Waals surface area contributed by atoms with E-state index in [9.17, 15) is 0 Å². The van der Waals surface area contributed by atoms with Crippen LogP contribution in [-0.4, -0.2) is 18.7 Å². The molecule has 0 bridgehead atoms. The van der Waals surface area contributed by atoms with Gasteiger partial charge in [-0.2, -0.15) is 0 Å². The third-order valence-corrected chi connectivity index (χ3v) is 2.25. The van der Waals surface area contributed by atoms with E-state index in [1.165, 1.54) is 11.1 Å². The molecular weight excluding hydrogens is 162 g/mol. The molecule has 0 atom stereocenters. The van der Waals surface area contributed by atoms with Gasteiger partial charge in [-0.25, -0.2) is 0 Å². The van der Waals surface area contributed by atoms with E-state index in [0.29, 0.717) is 5.76 Å². The summed E-state index contributed by atoms with van der Waals surface area (Å²) in [5.74, 6) is 0.491. The van der Waals surface area contributed by atoms with Crippen LogP contribution in [0.15, 0.2) is 35.1 Å². The number of allylic oxidation sites excluding steroid dienone is 5. The molecule has 13 heavy (non-hydrogen) atoms. The van der Waals surface area contributed by atoms with Crippen LogP contribution >= 0.6 is 0 Å². The molecule has 0 radical (unpaired) electrons. The highest BCUT2D eigenvalue weighted by molar-refractivity contribution is 5.35. The molecule has 2 nitrogen and oxygen atoms in total. The van der Waals surface area contributed by atoms with Gasteiger partial charge in [0, 0.05) is 13.0 Å². The first-order chi connectivity index (χ1) is 6.24. The van der Waals surface area contributed by atoms with E-state index in [-0.39, 0.29) is 0 Å². The van der Waals surface area contributed by atoms with Crippen molar-refractivity contribution in [2.24, 2.45) is 0 Å². The van der Waals surface area contributed by atoms with Crippen LogP contribution in [0.3, 0.4) is 0 Å². The minimum Gasteiger partial charge on any atom is -0.512 e. The van der Waals surface area contributed by atoms with Gasteiger partial charge in [0.05, 0.1) is 5.76 Å². The van der Waals surface area contributed by atoms with Gasteiger partial charge in [-0.15, -0.1) is 0 Å². The quantitative estimate of drug-likeness (QED) is 0.696. The van der Waals surface area contributed by atoms with Crippen LogP contribution < -0.4 is 5.32 Å². The van der Waals surface area contributed by atoms with Crippen molar-refractivity contribution in [1.82, 2.24) is 5.32 Å². The zero-order chi connectivity index (χ0) is 9.68. The second-order valence-electron chi connectivity index (χ2n) is 3.29. The lowest BCUT2D eigenvalue weighted by Gasteiger charge is -2.11. The molecule has 1 rings (SSSR count). The molecule has 0 aromatic carbocycles. The molecule has 0 spiro atoms. The Morgan fingerprint density at radius 1 is 1.54 bits per heavy atom. The Morgan fingerprint density at radius 3 is 2.85 bits per heavy atom. The molecule has 0 amide bonds. The fourth-order valence-electron chi connectivity index (χ4n) is 1.34. The normalized spacial score (nSPS) is 18.2. The molecule has 0 unspecified atom stereocenters. The number of hydrogen-bond acceptors (Lipinski definition) is 2. The molecule has 0 saturated carbocycles. The van der Waals surface area contributed by atoms with E-state index in [4.69, 9.17) is 5.11 Å². The highest BCUT2D eigenvalue weighted by atomic mass is 16.3. The minimum atomic E-state index is 0.491. The summed E-state index contributed by atoms with van der Waals surface area (Å²) in [6.07, 6.45) is 7.68. The lowest BCUT2D eigenvalue weighted by Crippen LogP contribution is -2.05. The molecule has 72 valence electrons. The summed E-state index contributed by atoms with van der Waals surface area (Å²) in [7, 11) is 1.94. The van der Waals surface area contributed by atoms with Gasteiger partial charge in [0.2, 0.25) is 0 Å². The van der Waals surface area contributed by atoms with Crippen molar-refractivity contribution in [3.8, 4) is 0 Å². The maximum absolute atomic E-state index is 9.17. The average Bonchev–Trinajstić information content (AvgIpc) is 2.15. The maximum Gasteiger partial charge on any atom is 0.0926 e. The van der Waals surface area contributed by atoms with Crippen LogP contribution in [0.2, 0.25) is 0 Å². The Morgan fingerprint density at radius 2 is 2.31 bits per heavy atom. The van der Waals surface area contributed by atoms with Crippen molar-refractivity contribution in [2.45, 2.75) is 19.8 Å². The Bertz CT molecular complexity index is 261. The van der Waals surface area contributed by atoms with Crippen molar-refractivity contribution in [2.75, 3.05) is 13.6 Å². The monoisotopic (exact) mass is 179 g/mol. The van der Waals surface area contributed by atoms with Gasteiger partial charge in [-0.1, -0.05) is 17.7 Å². The highest BCUT2D eigenvalue weighted by Crippen LogP contribution is 2.22. The third-order valence-electron chi connectivity index (χ3n) is 2.25. The largest absolute Gasteiger partial charge is 0.512 e. The number of likely N-dealkylation sites (N-methyl/N-ethyl adjacent to an activating group) is 1. The summed E-state index contributed by atoms with van der Waals surface area (Å²) < 4.78 is 0. The van der Waals surface area contributed by atoms with E-state index < -0.39 is 0 Å². The number of aliphatic hydroxyl groups is 1. The van der Waals surface area contributed by atoms with Crippen molar-refractivity contribution >= 4 is 0 Å². The van der Waals surface area contributed by atoms with Gasteiger partial charge in [0.1, 0.15) is 0 Å². The molecule has 1 aliphatic carbocycles. The summed E-state index contributed by atoms with van der Waals surface area (Å²) in [5.41, 5.74) is 2.63. The molecule has 0 fully saturated rings. The van der Waals surface area contributed by atoms with Crippen LogP contribution in [0.1, 0.15) is 19.8 Å². The molecule has 2 N–H and O–H groups in total. The predicted molar refractivity (Wildman–Crippen MR) is 55.7 cm³/mol. The van der Waals surface area contributed by atoms with Gasteiger partial charge in [0.15, 0.2) is 0 Å². The Labute approximate surface area is 79.7 Å². The van der Waals surface area contributed by atoms with E-state index in [0.717, 1.165) is 19.4 Å². The second kappa shape index (κ2) is 4.87. The lowest BCUT2D eigenvalue weighted by molar-refractivity contribution is 0.386. The molecule has 0 aromatic heterocycles. The zero-order valence-corrected chi connectivity index (χ0v) is 8.30. The standard InChI is InChI=1S/C11H17NO/c1-9(7-8-12-2)10-3-5-11(13)6-4-10/h3,5,7,12-13H,4,6,8H2,1-2H3/b9-7+. The molecule has 0 aliphatic heterocycles. The van der Waals surface area contributed by atoms with Gasteiger partial charge < -0.3 is 10.4 Å². The summed E-state index contributed by atoms with van der Waals surface area (Å²) in [5, 5.41) is 12.2.